The molecular formula is C40H68N18O5+2. The first-order valence-electron chi connectivity index (χ1n) is 22.2. The third kappa shape index (κ3) is 16.2. The van der Waals surface area contributed by atoms with Crippen molar-refractivity contribution in [2.45, 2.75) is 70.9 Å². The predicted molar refractivity (Wildman–Crippen MR) is 234 cm³/mol. The lowest BCUT2D eigenvalue weighted by atomic mass is 10.1. The number of aryl methyl sites for hydroxylation is 2. The number of terminal acetylenes is 1. The Bertz CT molecular complexity index is 1880. The zero-order valence-corrected chi connectivity index (χ0v) is 36.9. The Morgan fingerprint density at radius 2 is 1.46 bits per heavy atom. The molecule has 0 bridgehead atoms. The summed E-state index contributed by atoms with van der Waals surface area (Å²) in [6.07, 6.45) is 15.8. The smallest absolute Gasteiger partial charge is 0.338 e. The lowest BCUT2D eigenvalue weighted by molar-refractivity contribution is -0.459. The molecule has 5 heterocycles. The zero-order chi connectivity index (χ0) is 44.7. The summed E-state index contributed by atoms with van der Waals surface area (Å²) in [6, 6.07) is -0.416. The van der Waals surface area contributed by atoms with Gasteiger partial charge in [0.1, 0.15) is 19.2 Å². The number of unbranched alkanes of at least 4 members (excludes halogenated alkanes) is 2. The number of anilines is 3. The Kier molecular flexibility index (Phi) is 20.5. The molecule has 63 heavy (non-hydrogen) atoms. The lowest BCUT2D eigenvalue weighted by Gasteiger charge is -2.37. The number of piperazine rings is 2. The number of rotatable bonds is 28. The van der Waals surface area contributed by atoms with E-state index in [0.29, 0.717) is 129 Å². The maximum Gasteiger partial charge on any atom is 0.338 e. The number of quaternary nitrogens is 1. The maximum atomic E-state index is 14.1. The van der Waals surface area contributed by atoms with Gasteiger partial charge >= 0.3 is 5.96 Å². The molecule has 0 unspecified atom stereocenters. The molecule has 346 valence electrons. The molecular weight excluding hydrogens is 813 g/mol. The molecule has 0 aliphatic carbocycles. The standard InChI is InChI=1S/C40H66N18O5/c1-3-5-9-33-30-58(52-50-33)34(11-6-7-12-41)36(60)54-17-21-56(22-18-54)40-47-38(45-14-24-62-26-28-63-27-25-61-23-4-2)46-39(48-40)55-19-15-53(16-20-55)35(59)31-57-29-32(49-51-57)10-8-13-44-37(42)43/h2,29-30,34H,3,5-28,31,41H2,1H3,(H4,42,43,44)(H,45,46,47,48)/p+2/t34-/m0/s1. The summed E-state index contributed by atoms with van der Waals surface area (Å²) in [6.45, 7) is 10.7. The van der Waals surface area contributed by atoms with Crippen LogP contribution in [0.3, 0.4) is 0 Å². The Balaban J connectivity index is 1.19. The van der Waals surface area contributed by atoms with Crippen LogP contribution in [0.5, 0.6) is 0 Å². The third-order valence-corrected chi connectivity index (χ3v) is 10.6. The van der Waals surface area contributed by atoms with Gasteiger partial charge in [-0.3, -0.25) is 26.0 Å². The Labute approximate surface area is 369 Å². The van der Waals surface area contributed by atoms with Crippen LogP contribution in [-0.2, 0) is 43.2 Å². The Hall–Kier alpha value is -5.70. The summed E-state index contributed by atoms with van der Waals surface area (Å²) in [4.78, 5) is 52.7. The van der Waals surface area contributed by atoms with E-state index in [-0.39, 0.29) is 30.9 Å². The number of carbonyl (C=O) groups is 2. The second-order valence-electron chi connectivity index (χ2n) is 15.4. The van der Waals surface area contributed by atoms with Gasteiger partial charge in [-0.25, -0.2) is 9.36 Å². The molecule has 23 heteroatoms. The molecule has 2 fully saturated rings. The Morgan fingerprint density at radius 3 is 2.13 bits per heavy atom. The highest BCUT2D eigenvalue weighted by molar-refractivity contribution is 5.80. The van der Waals surface area contributed by atoms with E-state index >= 15 is 0 Å². The third-order valence-electron chi connectivity index (χ3n) is 10.6. The van der Waals surface area contributed by atoms with E-state index in [9.17, 15) is 9.59 Å². The van der Waals surface area contributed by atoms with Crippen molar-refractivity contribution in [3.63, 3.8) is 0 Å². The molecule has 0 saturated carbocycles. The summed E-state index contributed by atoms with van der Waals surface area (Å²) < 4.78 is 19.8. The van der Waals surface area contributed by atoms with Crippen molar-refractivity contribution in [3.8, 4) is 12.3 Å². The van der Waals surface area contributed by atoms with E-state index in [1.165, 1.54) is 0 Å². The van der Waals surface area contributed by atoms with Crippen molar-refractivity contribution in [2.24, 2.45) is 11.5 Å². The number of aromatic nitrogens is 9. The van der Waals surface area contributed by atoms with E-state index in [2.05, 4.69) is 59.3 Å². The summed E-state index contributed by atoms with van der Waals surface area (Å²) in [5, 5.41) is 20.4. The first-order chi connectivity index (χ1) is 30.8. The zero-order valence-electron chi connectivity index (χ0n) is 36.9. The van der Waals surface area contributed by atoms with Gasteiger partial charge < -0.3 is 44.9 Å². The molecule has 23 nitrogen and oxygen atoms in total. The van der Waals surface area contributed by atoms with Gasteiger partial charge in [-0.2, -0.15) is 15.0 Å². The Morgan fingerprint density at radius 1 is 0.825 bits per heavy atom. The number of hydrogen-bond acceptors (Lipinski definition) is 15. The van der Waals surface area contributed by atoms with E-state index in [1.54, 1.807) is 15.6 Å². The molecule has 2 aliphatic rings. The molecule has 1 atom stereocenters. The van der Waals surface area contributed by atoms with Crippen molar-refractivity contribution in [1.29, 1.82) is 0 Å². The van der Waals surface area contributed by atoms with Crippen LogP contribution in [0.2, 0.25) is 0 Å². The fourth-order valence-corrected chi connectivity index (χ4v) is 7.11. The van der Waals surface area contributed by atoms with E-state index < -0.39 is 6.04 Å². The van der Waals surface area contributed by atoms with Gasteiger partial charge in [0, 0.05) is 71.3 Å². The van der Waals surface area contributed by atoms with Gasteiger partial charge in [-0.05, 0) is 44.9 Å². The van der Waals surface area contributed by atoms with Crippen LogP contribution in [0.1, 0.15) is 62.9 Å². The number of ether oxygens (including phenoxy) is 3. The molecule has 3 aromatic heterocycles. The molecule has 0 spiro atoms. The first kappa shape index (κ1) is 48.3. The second kappa shape index (κ2) is 26.7. The minimum Gasteiger partial charge on any atom is -0.377 e. The highest BCUT2D eigenvalue weighted by Crippen LogP contribution is 2.23. The molecule has 5 rings (SSSR count). The van der Waals surface area contributed by atoms with Gasteiger partial charge in [-0.15, -0.1) is 16.6 Å². The molecule has 2 saturated heterocycles. The summed E-state index contributed by atoms with van der Waals surface area (Å²) >= 11 is 0. The molecule has 0 radical (unpaired) electrons. The number of nitrogens with zero attached hydrogens (tertiary/aromatic N) is 13. The highest BCUT2D eigenvalue weighted by atomic mass is 16.5. The molecule has 3 aromatic rings. The van der Waals surface area contributed by atoms with Gasteiger partial charge in [0.05, 0.1) is 57.5 Å². The minimum absolute atomic E-state index is 0.0441. The number of nitrogens with one attached hydrogen (secondary N) is 2. The molecule has 2 aliphatic heterocycles. The van der Waals surface area contributed by atoms with Crippen molar-refractivity contribution >= 4 is 35.6 Å². The van der Waals surface area contributed by atoms with Gasteiger partial charge in [0.2, 0.25) is 29.7 Å². The van der Waals surface area contributed by atoms with Crippen LogP contribution in [-0.4, -0.2) is 184 Å². The van der Waals surface area contributed by atoms with Crippen molar-refractivity contribution < 1.29 is 34.5 Å². The van der Waals surface area contributed by atoms with Crippen LogP contribution in [0, 0.1) is 12.3 Å². The van der Waals surface area contributed by atoms with E-state index in [0.717, 1.165) is 56.5 Å². The largest absolute Gasteiger partial charge is 0.377 e. The SMILES string of the molecule is C#CCOCCOCCOCCNc1nc(N2CCN(C(=O)Cn3cc(CCC[NH+]=C(N)N)nn3)CC2)nc(N2CCN(C(=O)[C@H](CCCC[NH3+])n3cc(CCCC)nn3)CC2)n1. The van der Waals surface area contributed by atoms with E-state index in [1.807, 2.05) is 16.0 Å². The lowest BCUT2D eigenvalue weighted by Crippen LogP contribution is -2.78. The number of guanidine groups is 1. The average Bonchev–Trinajstić information content (AvgIpc) is 3.97. The number of hydrogen-bond donors (Lipinski definition) is 5. The maximum absolute atomic E-state index is 14.1. The number of nitrogens with two attached hydrogens (primary N) is 2. The average molecular weight is 881 g/mol. The second-order valence-corrected chi connectivity index (χ2v) is 15.4. The molecule has 9 N–H and O–H groups in total. The van der Waals surface area contributed by atoms with E-state index in [4.69, 9.17) is 47.1 Å². The van der Waals surface area contributed by atoms with Crippen LogP contribution >= 0.6 is 0 Å². The van der Waals surface area contributed by atoms with Crippen LogP contribution in [0.15, 0.2) is 12.4 Å². The minimum atomic E-state index is -0.416. The number of amides is 2. The fourth-order valence-electron chi connectivity index (χ4n) is 7.11. The highest BCUT2D eigenvalue weighted by Gasteiger charge is 2.31. The quantitative estimate of drug-likeness (QED) is 0.0204. The topological polar surface area (TPSA) is 281 Å². The van der Waals surface area contributed by atoms with Gasteiger partial charge in [0.15, 0.2) is 0 Å². The normalized spacial score (nSPS) is 14.7. The van der Waals surface area contributed by atoms with Crippen molar-refractivity contribution in [1.82, 2.24) is 54.7 Å². The van der Waals surface area contributed by atoms with Gasteiger partial charge in [-0.1, -0.05) is 29.7 Å². The van der Waals surface area contributed by atoms with Crippen LogP contribution in [0.4, 0.5) is 17.8 Å². The van der Waals surface area contributed by atoms with Crippen molar-refractivity contribution in [2.75, 3.05) is 127 Å². The first-order valence-corrected chi connectivity index (χ1v) is 22.2. The summed E-state index contributed by atoms with van der Waals surface area (Å²) in [5.41, 5.74) is 16.6. The predicted octanol–water partition coefficient (Wildman–Crippen LogP) is -3.57. The monoisotopic (exact) mass is 881 g/mol. The molecule has 0 aromatic carbocycles. The van der Waals surface area contributed by atoms with Crippen LogP contribution in [0.25, 0.3) is 0 Å². The van der Waals surface area contributed by atoms with Crippen LogP contribution < -0.4 is 37.3 Å². The summed E-state index contributed by atoms with van der Waals surface area (Å²) in [5.74, 6) is 4.04. The molecule has 2 amide bonds. The van der Waals surface area contributed by atoms with Crippen molar-refractivity contribution in [3.05, 3.63) is 23.8 Å². The fraction of sp³-hybridized carbons (Fsp3) is 0.700. The summed E-state index contributed by atoms with van der Waals surface area (Å²) in [7, 11) is 0. The number of carbonyl (C=O) groups excluding carboxylic acids is 2. The van der Waals surface area contributed by atoms with Gasteiger partial charge in [0.25, 0.3) is 0 Å².